The molecule has 1 amide bonds. The number of para-hydroxylation sites is 1. The molecule has 0 unspecified atom stereocenters. The normalized spacial score (nSPS) is 19.5. The summed E-state index contributed by atoms with van der Waals surface area (Å²) in [6.07, 6.45) is -2.63. The predicted molar refractivity (Wildman–Crippen MR) is 141 cm³/mol. The van der Waals surface area contributed by atoms with Gasteiger partial charge in [0.15, 0.2) is 5.71 Å². The Balaban J connectivity index is 1.75. The van der Waals surface area contributed by atoms with Gasteiger partial charge < -0.3 is 4.90 Å². The van der Waals surface area contributed by atoms with Crippen LogP contribution in [0.5, 0.6) is 0 Å². The van der Waals surface area contributed by atoms with Crippen molar-refractivity contribution in [2.75, 3.05) is 22.2 Å². The second-order valence-electron chi connectivity index (χ2n) is 9.60. The highest BCUT2D eigenvalue weighted by Crippen LogP contribution is 2.47. The van der Waals surface area contributed by atoms with E-state index < -0.39 is 59.7 Å². The minimum absolute atomic E-state index is 0.0265. The minimum Gasteiger partial charge on any atom is -0.344 e. The summed E-state index contributed by atoms with van der Waals surface area (Å²) in [6, 6.07) is 11.1. The Morgan fingerprint density at radius 2 is 1.60 bits per heavy atom. The number of rotatable bonds is 7. The third-order valence-electron chi connectivity index (χ3n) is 6.52. The first-order valence-corrected chi connectivity index (χ1v) is 14.8. The molecule has 2 aromatic carbocycles. The van der Waals surface area contributed by atoms with Gasteiger partial charge >= 0.3 is 6.18 Å². The van der Waals surface area contributed by atoms with E-state index >= 15 is 0 Å². The van der Waals surface area contributed by atoms with Crippen LogP contribution in [0.4, 0.5) is 24.5 Å². The summed E-state index contributed by atoms with van der Waals surface area (Å²) < 4.78 is 105. The van der Waals surface area contributed by atoms with Gasteiger partial charge in [-0.3, -0.25) is 13.9 Å². The summed E-state index contributed by atoms with van der Waals surface area (Å²) in [5.41, 5.74) is -1.10. The van der Waals surface area contributed by atoms with Crippen LogP contribution in [0.1, 0.15) is 25.8 Å². The molecule has 2 aliphatic rings. The predicted octanol–water partition coefficient (Wildman–Crippen LogP) is 4.08. The molecule has 2 N–H and O–H groups in total. The fourth-order valence-electron chi connectivity index (χ4n) is 4.66. The first kappa shape index (κ1) is 29.5. The number of hydrazone groups is 1. The molecule has 15 heteroatoms. The maximum Gasteiger partial charge on any atom is 0.435 e. The molecule has 0 aliphatic carbocycles. The smallest absolute Gasteiger partial charge is 0.344 e. The molecular formula is C25H24F3N3O7S2. The maximum atomic E-state index is 13.9. The summed E-state index contributed by atoms with van der Waals surface area (Å²) in [6.45, 7) is 3.78. The van der Waals surface area contributed by atoms with Gasteiger partial charge in [-0.1, -0.05) is 32.0 Å². The maximum absolute atomic E-state index is 13.9. The van der Waals surface area contributed by atoms with Crippen molar-refractivity contribution >= 4 is 43.2 Å². The highest BCUT2D eigenvalue weighted by Gasteiger charge is 2.47. The Hall–Kier alpha value is -3.53. The first-order valence-electron chi connectivity index (χ1n) is 11.7. The van der Waals surface area contributed by atoms with Gasteiger partial charge in [0, 0.05) is 23.3 Å². The zero-order chi connectivity index (χ0) is 29.7. The third kappa shape index (κ3) is 5.82. The van der Waals surface area contributed by atoms with E-state index in [1.54, 1.807) is 23.1 Å². The van der Waals surface area contributed by atoms with Gasteiger partial charge in [0.25, 0.3) is 26.1 Å². The van der Waals surface area contributed by atoms with Crippen LogP contribution in [0, 0.1) is 0 Å². The number of benzene rings is 2. The Morgan fingerprint density at radius 3 is 2.17 bits per heavy atom. The Morgan fingerprint density at radius 1 is 0.975 bits per heavy atom. The van der Waals surface area contributed by atoms with Crippen molar-refractivity contribution in [3.05, 3.63) is 77.5 Å². The lowest BCUT2D eigenvalue weighted by atomic mass is 9.83. The van der Waals surface area contributed by atoms with Crippen LogP contribution in [-0.4, -0.2) is 56.0 Å². The van der Waals surface area contributed by atoms with E-state index in [0.29, 0.717) is 16.4 Å². The zero-order valence-corrected chi connectivity index (χ0v) is 22.8. The molecular weight excluding hydrogens is 575 g/mol. The van der Waals surface area contributed by atoms with Crippen molar-refractivity contribution in [3.8, 4) is 0 Å². The number of hydrogen-bond donors (Lipinski definition) is 2. The Bertz CT molecular complexity index is 1660. The van der Waals surface area contributed by atoms with E-state index in [2.05, 4.69) is 5.10 Å². The molecule has 0 fully saturated rings. The molecule has 0 bridgehead atoms. The number of hydrogen-bond acceptors (Lipinski definition) is 7. The second kappa shape index (κ2) is 10.1. The van der Waals surface area contributed by atoms with E-state index in [9.17, 15) is 34.8 Å². The average molecular weight is 600 g/mol. The van der Waals surface area contributed by atoms with Gasteiger partial charge in [0.1, 0.15) is 0 Å². The highest BCUT2D eigenvalue weighted by atomic mass is 32.2. The standard InChI is InChI=1S/C25H24F3N3O7S2/c1-24(2)19-6-3-4-7-20(19)30(14-5-15-39(33,34)35)21(24)13-12-18-22(25(26,27)28)29-31(23(18)32)16-8-10-17(11-9-16)40(36,37)38/h3-4,6-13H,5,14-15H2,1-2H3,(H,33,34,35)(H,36,37,38)/b18-12-,21-13+. The highest BCUT2D eigenvalue weighted by molar-refractivity contribution is 7.86. The van der Waals surface area contributed by atoms with Crippen LogP contribution in [0.25, 0.3) is 0 Å². The van der Waals surface area contributed by atoms with Crippen molar-refractivity contribution in [1.82, 2.24) is 0 Å². The molecule has 10 nitrogen and oxygen atoms in total. The van der Waals surface area contributed by atoms with Crippen LogP contribution in [-0.2, 0) is 30.4 Å². The molecule has 214 valence electrons. The molecule has 0 spiro atoms. The van der Waals surface area contributed by atoms with Crippen LogP contribution in [0.15, 0.2) is 82.0 Å². The third-order valence-corrected chi connectivity index (χ3v) is 8.19. The number of carbonyl (C=O) groups excluding carboxylic acids is 1. The fourth-order valence-corrected chi connectivity index (χ4v) is 5.63. The number of carbonyl (C=O) groups is 1. The van der Waals surface area contributed by atoms with E-state index in [0.717, 1.165) is 35.9 Å². The largest absolute Gasteiger partial charge is 0.435 e. The molecule has 40 heavy (non-hydrogen) atoms. The van der Waals surface area contributed by atoms with Crippen LogP contribution < -0.4 is 9.91 Å². The van der Waals surface area contributed by atoms with Crippen molar-refractivity contribution in [2.24, 2.45) is 5.10 Å². The second-order valence-corrected chi connectivity index (χ2v) is 12.6. The van der Waals surface area contributed by atoms with E-state index in [4.69, 9.17) is 9.11 Å². The summed E-state index contributed by atoms with van der Waals surface area (Å²) in [7, 11) is -8.80. The van der Waals surface area contributed by atoms with Gasteiger partial charge in [-0.15, -0.1) is 0 Å². The SMILES string of the molecule is CC1(C)/C(=C\C=C2/C(=O)N(c3ccc(S(=O)(=O)O)cc3)N=C2C(F)(F)F)N(CCCS(=O)(=O)O)c2ccccc21. The topological polar surface area (TPSA) is 145 Å². The minimum atomic E-state index is -5.01. The van der Waals surface area contributed by atoms with Crippen molar-refractivity contribution in [1.29, 1.82) is 0 Å². The number of allylic oxidation sites excluding steroid dienone is 3. The summed E-state index contributed by atoms with van der Waals surface area (Å²) in [4.78, 5) is 14.3. The van der Waals surface area contributed by atoms with Gasteiger partial charge in [0.2, 0.25) is 0 Å². The van der Waals surface area contributed by atoms with Gasteiger partial charge in [-0.05, 0) is 54.5 Å². The molecule has 0 saturated carbocycles. The lowest BCUT2D eigenvalue weighted by molar-refractivity contribution is -0.114. The molecule has 2 aliphatic heterocycles. The van der Waals surface area contributed by atoms with Crippen LogP contribution >= 0.6 is 0 Å². The average Bonchev–Trinajstić information content (AvgIpc) is 3.28. The van der Waals surface area contributed by atoms with Crippen LogP contribution in [0.2, 0.25) is 0 Å². The fraction of sp³-hybridized carbons (Fsp3) is 0.280. The van der Waals surface area contributed by atoms with Crippen molar-refractivity contribution in [3.63, 3.8) is 0 Å². The van der Waals surface area contributed by atoms with E-state index in [1.165, 1.54) is 6.08 Å². The molecule has 2 heterocycles. The van der Waals surface area contributed by atoms with Gasteiger partial charge in [-0.2, -0.15) is 40.1 Å². The number of fused-ring (bicyclic) bond motifs is 1. The summed E-state index contributed by atoms with van der Waals surface area (Å²) >= 11 is 0. The van der Waals surface area contributed by atoms with Crippen molar-refractivity contribution < 1.29 is 43.9 Å². The van der Waals surface area contributed by atoms with E-state index in [-0.39, 0.29) is 18.7 Å². The van der Waals surface area contributed by atoms with Gasteiger partial charge in [-0.25, -0.2) is 0 Å². The van der Waals surface area contributed by atoms with E-state index in [1.807, 2.05) is 19.9 Å². The summed E-state index contributed by atoms with van der Waals surface area (Å²) in [5.74, 6) is -1.63. The zero-order valence-electron chi connectivity index (χ0n) is 21.1. The van der Waals surface area contributed by atoms with Gasteiger partial charge in [0.05, 0.1) is 21.9 Å². The number of halogens is 3. The Kier molecular flexibility index (Phi) is 7.47. The molecule has 4 rings (SSSR count). The molecule has 0 saturated heterocycles. The lowest BCUT2D eigenvalue weighted by Gasteiger charge is -2.27. The van der Waals surface area contributed by atoms with Crippen LogP contribution in [0.3, 0.4) is 0 Å². The summed E-state index contributed by atoms with van der Waals surface area (Å²) in [5, 5.41) is 3.94. The van der Waals surface area contributed by atoms with Crippen molar-refractivity contribution in [2.45, 2.75) is 36.8 Å². The monoisotopic (exact) mass is 599 g/mol. The number of nitrogens with zero attached hydrogens (tertiary/aromatic N) is 3. The molecule has 0 aromatic heterocycles. The lowest BCUT2D eigenvalue weighted by Crippen LogP contribution is -2.28. The first-order chi connectivity index (χ1) is 18.4. The number of amides is 1. The quantitative estimate of drug-likeness (QED) is 0.358. The molecule has 2 aromatic rings. The molecule has 0 radical (unpaired) electrons. The number of alkyl halides is 3. The Labute approximate surface area is 228 Å². The number of anilines is 2. The molecule has 0 atom stereocenters.